The van der Waals surface area contributed by atoms with E-state index in [0.29, 0.717) is 0 Å². The summed E-state index contributed by atoms with van der Waals surface area (Å²) < 4.78 is 12.7. The van der Waals surface area contributed by atoms with Gasteiger partial charge < -0.3 is 25.6 Å². The summed E-state index contributed by atoms with van der Waals surface area (Å²) in [5, 5.41) is 17.2. The van der Waals surface area contributed by atoms with E-state index in [1.807, 2.05) is 22.6 Å². The van der Waals surface area contributed by atoms with Gasteiger partial charge in [0.2, 0.25) is 0 Å². The lowest BCUT2D eigenvalue weighted by Crippen LogP contribution is -2.55. The molecule has 0 aliphatic carbocycles. The van der Waals surface area contributed by atoms with E-state index in [-0.39, 0.29) is 37.0 Å². The van der Waals surface area contributed by atoms with Crippen LogP contribution < -0.4 is 16.0 Å². The standard InChI is InChI=1S/C22H26IN5O7/c1-22(2,3)21(33)35-11-27-7-6-15(26-27)28-8-9-34-17(20(28)32)16(29)19(31)25-14-5-4-12(23)10-13(14)18(24)30/h4-7,10,16-17,29H,8-9,11H2,1-3H3,(H2,24,30)(H,25,31)/t16-,17?/m1/s1. The van der Waals surface area contributed by atoms with Gasteiger partial charge in [-0.1, -0.05) is 0 Å². The first-order chi connectivity index (χ1) is 16.4. The summed E-state index contributed by atoms with van der Waals surface area (Å²) in [6.45, 7) is 5.23. The number of nitrogens with two attached hydrogens (primary N) is 1. The number of hydrogen-bond acceptors (Lipinski definition) is 8. The number of carbonyl (C=O) groups excluding carboxylic acids is 4. The van der Waals surface area contributed by atoms with Gasteiger partial charge in [0.25, 0.3) is 17.7 Å². The molecule has 0 bridgehead atoms. The second-order valence-corrected chi connectivity index (χ2v) is 10.0. The molecular formula is C22H26IN5O7. The number of nitrogens with zero attached hydrogens (tertiary/aromatic N) is 3. The van der Waals surface area contributed by atoms with Crippen molar-refractivity contribution in [2.75, 3.05) is 23.4 Å². The maximum absolute atomic E-state index is 13.0. The fourth-order valence-electron chi connectivity index (χ4n) is 3.14. The molecule has 1 aliphatic rings. The average molecular weight is 599 g/mol. The lowest BCUT2D eigenvalue weighted by Gasteiger charge is -2.32. The summed E-state index contributed by atoms with van der Waals surface area (Å²) in [5.74, 6) is -2.52. The first kappa shape index (κ1) is 26.6. The predicted octanol–water partition coefficient (Wildman–Crippen LogP) is 0.865. The molecule has 2 atom stereocenters. The molecule has 0 spiro atoms. The molecule has 4 N–H and O–H groups in total. The third kappa shape index (κ3) is 6.35. The molecule has 3 rings (SSSR count). The molecule has 1 aliphatic heterocycles. The molecular weight excluding hydrogens is 573 g/mol. The molecule has 2 heterocycles. The number of aliphatic hydroxyl groups excluding tert-OH is 1. The number of primary amides is 1. The number of esters is 1. The van der Waals surface area contributed by atoms with Crippen LogP contribution in [-0.2, 0) is 30.6 Å². The van der Waals surface area contributed by atoms with Crippen molar-refractivity contribution in [3.63, 3.8) is 0 Å². The number of halogens is 1. The van der Waals surface area contributed by atoms with Gasteiger partial charge in [0.1, 0.15) is 0 Å². The van der Waals surface area contributed by atoms with Crippen LogP contribution in [0.4, 0.5) is 11.5 Å². The molecule has 1 saturated heterocycles. The molecule has 1 aromatic heterocycles. The molecule has 1 fully saturated rings. The van der Waals surface area contributed by atoms with Crippen molar-refractivity contribution in [3.05, 3.63) is 39.6 Å². The van der Waals surface area contributed by atoms with Crippen LogP contribution in [0, 0.1) is 8.99 Å². The van der Waals surface area contributed by atoms with Gasteiger partial charge in [-0.2, -0.15) is 5.10 Å². The molecule has 12 nitrogen and oxygen atoms in total. The van der Waals surface area contributed by atoms with E-state index >= 15 is 0 Å². The first-order valence-electron chi connectivity index (χ1n) is 10.6. The number of rotatable bonds is 7. The van der Waals surface area contributed by atoms with E-state index in [9.17, 15) is 24.3 Å². The zero-order valence-electron chi connectivity index (χ0n) is 19.4. The van der Waals surface area contributed by atoms with Crippen LogP contribution in [-0.4, -0.2) is 63.9 Å². The molecule has 188 valence electrons. The minimum atomic E-state index is -1.86. The zero-order valence-corrected chi connectivity index (χ0v) is 21.5. The SMILES string of the molecule is CC(C)(C)C(=O)OCn1ccc(N2CCOC([C@@H](O)C(=O)Nc3ccc(I)cc3C(N)=O)C2=O)n1. The Morgan fingerprint density at radius 2 is 2.06 bits per heavy atom. The van der Waals surface area contributed by atoms with Crippen LogP contribution in [0.1, 0.15) is 31.1 Å². The summed E-state index contributed by atoms with van der Waals surface area (Å²) in [6.07, 6.45) is -1.82. The maximum atomic E-state index is 13.0. The topological polar surface area (TPSA) is 166 Å². The lowest BCUT2D eigenvalue weighted by molar-refractivity contribution is -0.157. The van der Waals surface area contributed by atoms with E-state index in [2.05, 4.69) is 10.4 Å². The highest BCUT2D eigenvalue weighted by Crippen LogP contribution is 2.22. The summed E-state index contributed by atoms with van der Waals surface area (Å²) in [7, 11) is 0. The number of hydrogen-bond donors (Lipinski definition) is 3. The maximum Gasteiger partial charge on any atom is 0.313 e. The molecule has 35 heavy (non-hydrogen) atoms. The van der Waals surface area contributed by atoms with Gasteiger partial charge in [0, 0.05) is 15.8 Å². The molecule has 0 saturated carbocycles. The highest BCUT2D eigenvalue weighted by atomic mass is 127. The summed E-state index contributed by atoms with van der Waals surface area (Å²) >= 11 is 1.99. The van der Waals surface area contributed by atoms with Gasteiger partial charge in [-0.15, -0.1) is 0 Å². The highest BCUT2D eigenvalue weighted by Gasteiger charge is 2.40. The van der Waals surface area contributed by atoms with Crippen molar-refractivity contribution in [1.82, 2.24) is 9.78 Å². The molecule has 2 aromatic rings. The average Bonchev–Trinajstić information content (AvgIpc) is 3.26. The summed E-state index contributed by atoms with van der Waals surface area (Å²) in [4.78, 5) is 50.6. The number of ether oxygens (including phenoxy) is 2. The summed E-state index contributed by atoms with van der Waals surface area (Å²) in [5.41, 5.74) is 4.86. The van der Waals surface area contributed by atoms with Crippen molar-refractivity contribution in [2.45, 2.75) is 39.7 Å². The van der Waals surface area contributed by atoms with E-state index in [0.717, 1.165) is 3.57 Å². The quantitative estimate of drug-likeness (QED) is 0.312. The fourth-order valence-corrected chi connectivity index (χ4v) is 3.63. The Bertz CT molecular complexity index is 1140. The highest BCUT2D eigenvalue weighted by molar-refractivity contribution is 14.1. The van der Waals surface area contributed by atoms with E-state index in [1.165, 1.54) is 27.9 Å². The van der Waals surface area contributed by atoms with Crippen LogP contribution in [0.25, 0.3) is 0 Å². The Kier molecular flexibility index (Phi) is 8.12. The minimum absolute atomic E-state index is 0.0443. The molecule has 0 radical (unpaired) electrons. The van der Waals surface area contributed by atoms with Crippen LogP contribution in [0.3, 0.4) is 0 Å². The molecule has 1 aromatic carbocycles. The van der Waals surface area contributed by atoms with Gasteiger partial charge in [-0.05, 0) is 61.6 Å². The number of aromatic nitrogens is 2. The number of morpholine rings is 1. The van der Waals surface area contributed by atoms with Crippen molar-refractivity contribution >= 4 is 57.8 Å². The van der Waals surface area contributed by atoms with Gasteiger partial charge in [-0.25, -0.2) is 4.68 Å². The van der Waals surface area contributed by atoms with Gasteiger partial charge in [0.05, 0.1) is 29.8 Å². The number of benzene rings is 1. The number of nitrogens with one attached hydrogen (secondary N) is 1. The first-order valence-corrected chi connectivity index (χ1v) is 11.7. The molecule has 13 heteroatoms. The van der Waals surface area contributed by atoms with Crippen molar-refractivity contribution in [2.24, 2.45) is 11.1 Å². The molecule has 3 amide bonds. The van der Waals surface area contributed by atoms with Gasteiger partial charge in [0.15, 0.2) is 24.8 Å². The summed E-state index contributed by atoms with van der Waals surface area (Å²) in [6, 6.07) is 6.15. The Hall–Kier alpha value is -3.04. The minimum Gasteiger partial charge on any atom is -0.442 e. The Morgan fingerprint density at radius 1 is 1.34 bits per heavy atom. The second-order valence-electron chi connectivity index (χ2n) is 8.79. The number of anilines is 2. The number of aliphatic hydroxyl groups is 1. The number of amides is 3. The van der Waals surface area contributed by atoms with Crippen molar-refractivity contribution in [1.29, 1.82) is 0 Å². The normalized spacial score (nSPS) is 17.1. The largest absolute Gasteiger partial charge is 0.442 e. The Morgan fingerprint density at radius 3 is 2.71 bits per heavy atom. The van der Waals surface area contributed by atoms with E-state index in [1.54, 1.807) is 32.9 Å². The Labute approximate surface area is 214 Å². The Balaban J connectivity index is 1.68. The van der Waals surface area contributed by atoms with Crippen molar-refractivity contribution < 1.29 is 33.8 Å². The predicted molar refractivity (Wildman–Crippen MR) is 132 cm³/mol. The monoisotopic (exact) mass is 599 g/mol. The second kappa shape index (κ2) is 10.7. The zero-order chi connectivity index (χ0) is 25.9. The third-order valence-electron chi connectivity index (χ3n) is 5.03. The fraction of sp³-hybridized carbons (Fsp3) is 0.409. The van der Waals surface area contributed by atoms with Crippen molar-refractivity contribution in [3.8, 4) is 0 Å². The van der Waals surface area contributed by atoms with Crippen LogP contribution >= 0.6 is 22.6 Å². The van der Waals surface area contributed by atoms with E-state index < -0.39 is 41.3 Å². The van der Waals surface area contributed by atoms with Crippen LogP contribution in [0.5, 0.6) is 0 Å². The number of carbonyl (C=O) groups is 4. The third-order valence-corrected chi connectivity index (χ3v) is 5.70. The van der Waals surface area contributed by atoms with Crippen LogP contribution in [0.15, 0.2) is 30.5 Å². The molecule has 1 unspecified atom stereocenters. The van der Waals surface area contributed by atoms with Gasteiger partial charge in [-0.3, -0.25) is 24.1 Å². The lowest BCUT2D eigenvalue weighted by atomic mass is 9.98. The van der Waals surface area contributed by atoms with Gasteiger partial charge >= 0.3 is 5.97 Å². The van der Waals surface area contributed by atoms with Crippen LogP contribution in [0.2, 0.25) is 0 Å². The smallest absolute Gasteiger partial charge is 0.313 e. The van der Waals surface area contributed by atoms with E-state index in [4.69, 9.17) is 15.2 Å².